The number of likely N-dealkylation sites (tertiary alicyclic amines) is 1. The fourth-order valence-electron chi connectivity index (χ4n) is 4.16. The van der Waals surface area contributed by atoms with Crippen molar-refractivity contribution in [1.29, 1.82) is 0 Å². The average molecular weight is 320 g/mol. The summed E-state index contributed by atoms with van der Waals surface area (Å²) < 4.78 is 0. The van der Waals surface area contributed by atoms with Crippen LogP contribution in [0.25, 0.3) is 0 Å². The Bertz CT molecular complexity index is 657. The predicted molar refractivity (Wildman–Crippen MR) is 102 cm³/mol. The summed E-state index contributed by atoms with van der Waals surface area (Å²) in [6.07, 6.45) is 6.34. The van der Waals surface area contributed by atoms with E-state index in [1.807, 2.05) is 0 Å². The molecule has 4 rings (SSSR count). The highest BCUT2D eigenvalue weighted by atomic mass is 15.1. The van der Waals surface area contributed by atoms with Gasteiger partial charge in [0.05, 0.1) is 0 Å². The second kappa shape index (κ2) is 7.40. The molecule has 0 amide bonds. The van der Waals surface area contributed by atoms with E-state index in [0.29, 0.717) is 0 Å². The highest BCUT2D eigenvalue weighted by molar-refractivity contribution is 5.56. The van der Waals surface area contributed by atoms with E-state index in [9.17, 15) is 0 Å². The molecule has 1 saturated heterocycles. The van der Waals surface area contributed by atoms with Gasteiger partial charge in [-0.15, -0.1) is 0 Å². The van der Waals surface area contributed by atoms with Gasteiger partial charge in [0.2, 0.25) is 0 Å². The van der Waals surface area contributed by atoms with Gasteiger partial charge in [-0.1, -0.05) is 42.5 Å². The van der Waals surface area contributed by atoms with Crippen molar-refractivity contribution in [2.45, 2.75) is 32.1 Å². The van der Waals surface area contributed by atoms with E-state index in [1.54, 1.807) is 0 Å². The largest absolute Gasteiger partial charge is 0.384 e. The molecule has 0 aliphatic carbocycles. The first-order valence-corrected chi connectivity index (χ1v) is 9.49. The number of benzene rings is 2. The standard InChI is InChI=1S/C22H28N2/c1-2-4-18(5-3-1)16-20-10-14-24(15-11-20)13-9-19-6-7-22-21(17-19)8-12-23-22/h1-7,17,20,23H,8-16H2. The zero-order chi connectivity index (χ0) is 16.2. The van der Waals surface area contributed by atoms with Gasteiger partial charge in [-0.25, -0.2) is 0 Å². The minimum Gasteiger partial charge on any atom is -0.384 e. The Morgan fingerprint density at radius 3 is 2.62 bits per heavy atom. The molecule has 0 aromatic heterocycles. The third-order valence-electron chi connectivity index (χ3n) is 5.67. The lowest BCUT2D eigenvalue weighted by Gasteiger charge is -2.32. The van der Waals surface area contributed by atoms with E-state index in [0.717, 1.165) is 12.5 Å². The molecule has 0 radical (unpaired) electrons. The summed E-state index contributed by atoms with van der Waals surface area (Å²) in [5.74, 6) is 0.870. The van der Waals surface area contributed by atoms with Crippen LogP contribution in [0.15, 0.2) is 48.5 Å². The SMILES string of the molecule is c1ccc(CC2CCN(CCc3ccc4c(c3)CCN4)CC2)cc1. The maximum Gasteiger partial charge on any atom is 0.0373 e. The summed E-state index contributed by atoms with van der Waals surface area (Å²) in [7, 11) is 0. The fraction of sp³-hybridized carbons (Fsp3) is 0.455. The zero-order valence-electron chi connectivity index (χ0n) is 14.5. The van der Waals surface area contributed by atoms with Gasteiger partial charge in [-0.05, 0) is 73.9 Å². The van der Waals surface area contributed by atoms with E-state index in [2.05, 4.69) is 58.7 Å². The molecule has 0 unspecified atom stereocenters. The van der Waals surface area contributed by atoms with Gasteiger partial charge in [-0.3, -0.25) is 0 Å². The molecule has 2 aromatic carbocycles. The molecule has 2 heteroatoms. The molecule has 2 aromatic rings. The Balaban J connectivity index is 1.23. The smallest absolute Gasteiger partial charge is 0.0373 e. The van der Waals surface area contributed by atoms with Crippen molar-refractivity contribution in [2.24, 2.45) is 5.92 Å². The minimum absolute atomic E-state index is 0.870. The fourth-order valence-corrected chi connectivity index (χ4v) is 4.16. The molecule has 2 nitrogen and oxygen atoms in total. The van der Waals surface area contributed by atoms with Crippen LogP contribution in [0, 0.1) is 5.92 Å². The van der Waals surface area contributed by atoms with Gasteiger partial charge in [0.25, 0.3) is 0 Å². The Morgan fingerprint density at radius 1 is 0.958 bits per heavy atom. The summed E-state index contributed by atoms with van der Waals surface area (Å²) in [6.45, 7) is 4.85. The summed E-state index contributed by atoms with van der Waals surface area (Å²) in [5.41, 5.74) is 5.86. The molecule has 2 aliphatic heterocycles. The first-order chi connectivity index (χ1) is 11.9. The number of rotatable bonds is 5. The van der Waals surface area contributed by atoms with E-state index >= 15 is 0 Å². The van der Waals surface area contributed by atoms with Gasteiger partial charge in [0, 0.05) is 18.8 Å². The predicted octanol–water partition coefficient (Wildman–Crippen LogP) is 4.15. The van der Waals surface area contributed by atoms with E-state index in [-0.39, 0.29) is 0 Å². The normalized spacial score (nSPS) is 18.3. The average Bonchev–Trinajstić information content (AvgIpc) is 3.10. The van der Waals surface area contributed by atoms with Gasteiger partial charge < -0.3 is 10.2 Å². The highest BCUT2D eigenvalue weighted by Crippen LogP contribution is 2.24. The Hall–Kier alpha value is -1.80. The Labute approximate surface area is 145 Å². The molecule has 126 valence electrons. The summed E-state index contributed by atoms with van der Waals surface area (Å²) in [4.78, 5) is 2.66. The lowest BCUT2D eigenvalue weighted by atomic mass is 9.90. The second-order valence-corrected chi connectivity index (χ2v) is 7.39. The molecule has 0 atom stereocenters. The zero-order valence-corrected chi connectivity index (χ0v) is 14.5. The van der Waals surface area contributed by atoms with Gasteiger partial charge in [0.1, 0.15) is 0 Å². The third-order valence-corrected chi connectivity index (χ3v) is 5.67. The van der Waals surface area contributed by atoms with Crippen molar-refractivity contribution in [2.75, 3.05) is 31.5 Å². The monoisotopic (exact) mass is 320 g/mol. The second-order valence-electron chi connectivity index (χ2n) is 7.39. The van der Waals surface area contributed by atoms with Crippen LogP contribution in [0.2, 0.25) is 0 Å². The number of hydrogen-bond acceptors (Lipinski definition) is 2. The van der Waals surface area contributed by atoms with Crippen LogP contribution >= 0.6 is 0 Å². The number of nitrogens with one attached hydrogen (secondary N) is 1. The van der Waals surface area contributed by atoms with Crippen molar-refractivity contribution < 1.29 is 0 Å². The first kappa shape index (κ1) is 15.7. The van der Waals surface area contributed by atoms with Crippen LogP contribution in [0.1, 0.15) is 29.5 Å². The summed E-state index contributed by atoms with van der Waals surface area (Å²) >= 11 is 0. The van der Waals surface area contributed by atoms with E-state index in [4.69, 9.17) is 0 Å². The van der Waals surface area contributed by atoms with Crippen LogP contribution in [0.4, 0.5) is 5.69 Å². The topological polar surface area (TPSA) is 15.3 Å². The lowest BCUT2D eigenvalue weighted by molar-refractivity contribution is 0.186. The molecule has 1 N–H and O–H groups in total. The molecule has 24 heavy (non-hydrogen) atoms. The molecular weight excluding hydrogens is 292 g/mol. The number of piperidine rings is 1. The first-order valence-electron chi connectivity index (χ1n) is 9.49. The van der Waals surface area contributed by atoms with Crippen LogP contribution in [0.5, 0.6) is 0 Å². The van der Waals surface area contributed by atoms with Gasteiger partial charge in [-0.2, -0.15) is 0 Å². The van der Waals surface area contributed by atoms with Gasteiger partial charge in [0.15, 0.2) is 0 Å². The van der Waals surface area contributed by atoms with E-state index in [1.165, 1.54) is 74.1 Å². The number of nitrogens with zero attached hydrogens (tertiary/aromatic N) is 1. The van der Waals surface area contributed by atoms with Crippen LogP contribution in [0.3, 0.4) is 0 Å². The number of anilines is 1. The van der Waals surface area contributed by atoms with Crippen molar-refractivity contribution in [1.82, 2.24) is 4.90 Å². The number of hydrogen-bond donors (Lipinski definition) is 1. The van der Waals surface area contributed by atoms with Gasteiger partial charge >= 0.3 is 0 Å². The molecule has 2 heterocycles. The highest BCUT2D eigenvalue weighted by Gasteiger charge is 2.19. The van der Waals surface area contributed by atoms with Crippen molar-refractivity contribution in [3.05, 3.63) is 65.2 Å². The molecule has 0 saturated carbocycles. The molecule has 0 spiro atoms. The molecule has 1 fully saturated rings. The summed E-state index contributed by atoms with van der Waals surface area (Å²) in [5, 5.41) is 3.45. The maximum absolute atomic E-state index is 3.45. The summed E-state index contributed by atoms with van der Waals surface area (Å²) in [6, 6.07) is 18.0. The minimum atomic E-state index is 0.870. The molecule has 2 aliphatic rings. The maximum atomic E-state index is 3.45. The van der Waals surface area contributed by atoms with Crippen molar-refractivity contribution in [3.63, 3.8) is 0 Å². The Morgan fingerprint density at radius 2 is 1.79 bits per heavy atom. The quantitative estimate of drug-likeness (QED) is 0.890. The number of fused-ring (bicyclic) bond motifs is 1. The Kier molecular flexibility index (Phi) is 4.84. The van der Waals surface area contributed by atoms with Crippen LogP contribution in [-0.2, 0) is 19.3 Å². The van der Waals surface area contributed by atoms with Crippen LogP contribution < -0.4 is 5.32 Å². The van der Waals surface area contributed by atoms with Crippen molar-refractivity contribution in [3.8, 4) is 0 Å². The van der Waals surface area contributed by atoms with E-state index < -0.39 is 0 Å². The third kappa shape index (κ3) is 3.81. The van der Waals surface area contributed by atoms with Crippen LogP contribution in [-0.4, -0.2) is 31.1 Å². The molecule has 0 bridgehead atoms. The van der Waals surface area contributed by atoms with Crippen molar-refractivity contribution >= 4 is 5.69 Å². The molecular formula is C22H28N2. The lowest BCUT2D eigenvalue weighted by Crippen LogP contribution is -2.35.